The Balaban J connectivity index is 1.82. The molecule has 1 aliphatic heterocycles. The van der Waals surface area contributed by atoms with Gasteiger partial charge in [0.25, 0.3) is 0 Å². The highest BCUT2D eigenvalue weighted by Crippen LogP contribution is 2.25. The van der Waals surface area contributed by atoms with Gasteiger partial charge in [-0.3, -0.25) is 4.68 Å². The molecule has 0 saturated carbocycles. The van der Waals surface area contributed by atoms with Gasteiger partial charge in [0.1, 0.15) is 0 Å². The molecule has 0 aliphatic carbocycles. The van der Waals surface area contributed by atoms with Crippen molar-refractivity contribution < 1.29 is 4.74 Å². The number of nitriles is 1. The Bertz CT molecular complexity index is 665. The minimum absolute atomic E-state index is 0.467. The lowest BCUT2D eigenvalue weighted by Gasteiger charge is -2.35. The molecule has 0 amide bonds. The molecule has 2 aromatic rings. The van der Waals surface area contributed by atoms with Crippen LogP contribution in [0.15, 0.2) is 36.7 Å². The first-order chi connectivity index (χ1) is 11.3. The topological polar surface area (TPSA) is 54.1 Å². The molecule has 1 saturated heterocycles. The van der Waals surface area contributed by atoms with E-state index >= 15 is 0 Å². The van der Waals surface area contributed by atoms with E-state index in [1.165, 1.54) is 5.56 Å². The van der Waals surface area contributed by atoms with E-state index in [1.54, 1.807) is 0 Å². The fraction of sp³-hybridized carbons (Fsp3) is 0.444. The Morgan fingerprint density at radius 3 is 2.65 bits per heavy atom. The molecule has 0 radical (unpaired) electrons. The van der Waals surface area contributed by atoms with Crippen LogP contribution in [0.1, 0.15) is 30.9 Å². The fourth-order valence-electron chi connectivity index (χ4n) is 2.98. The molecule has 0 N–H and O–H groups in total. The number of aryl methyl sites for hydroxylation is 1. The van der Waals surface area contributed by atoms with E-state index in [0.717, 1.165) is 44.8 Å². The van der Waals surface area contributed by atoms with Crippen LogP contribution in [0, 0.1) is 11.3 Å². The van der Waals surface area contributed by atoms with E-state index in [1.807, 2.05) is 35.1 Å². The third-order valence-electron chi connectivity index (χ3n) is 4.34. The second kappa shape index (κ2) is 7.30. The van der Waals surface area contributed by atoms with E-state index < -0.39 is 0 Å². The number of hydrogen-bond acceptors (Lipinski definition) is 4. The van der Waals surface area contributed by atoms with Crippen LogP contribution < -0.4 is 4.90 Å². The lowest BCUT2D eigenvalue weighted by molar-refractivity contribution is 0.0841. The number of nitrogens with zero attached hydrogens (tertiary/aromatic N) is 4. The standard InChI is InChI=1S/C18H22N4O/c1-2-21-14-18(12-20-21)22(17-7-9-23-10-8-17)13-16-5-3-15(11-19)4-6-16/h3-6,12,14,17H,2,7-10,13H2,1H3. The zero-order valence-electron chi connectivity index (χ0n) is 13.5. The molecule has 1 aromatic carbocycles. The number of benzene rings is 1. The molecule has 23 heavy (non-hydrogen) atoms. The summed E-state index contributed by atoms with van der Waals surface area (Å²) in [4.78, 5) is 2.42. The second-order valence-electron chi connectivity index (χ2n) is 5.83. The van der Waals surface area contributed by atoms with Crippen LogP contribution in [-0.2, 0) is 17.8 Å². The highest BCUT2D eigenvalue weighted by Gasteiger charge is 2.23. The quantitative estimate of drug-likeness (QED) is 0.852. The molecule has 1 aliphatic rings. The third kappa shape index (κ3) is 3.72. The van der Waals surface area contributed by atoms with Crippen molar-refractivity contribution in [3.05, 3.63) is 47.8 Å². The summed E-state index contributed by atoms with van der Waals surface area (Å²) in [5.74, 6) is 0. The fourth-order valence-corrected chi connectivity index (χ4v) is 2.98. The molecule has 2 heterocycles. The zero-order valence-corrected chi connectivity index (χ0v) is 13.5. The maximum atomic E-state index is 8.94. The molecule has 5 heteroatoms. The van der Waals surface area contributed by atoms with Gasteiger partial charge in [-0.1, -0.05) is 12.1 Å². The van der Waals surface area contributed by atoms with Crippen molar-refractivity contribution in [2.24, 2.45) is 0 Å². The van der Waals surface area contributed by atoms with Crippen LogP contribution in [-0.4, -0.2) is 29.0 Å². The van der Waals surface area contributed by atoms with E-state index in [9.17, 15) is 0 Å². The van der Waals surface area contributed by atoms with Crippen LogP contribution in [0.3, 0.4) is 0 Å². The summed E-state index contributed by atoms with van der Waals surface area (Å²) in [6.07, 6.45) is 6.13. The second-order valence-corrected chi connectivity index (χ2v) is 5.83. The minimum atomic E-state index is 0.467. The SMILES string of the molecule is CCn1cc(N(Cc2ccc(C#N)cc2)C2CCOCC2)cn1. The summed E-state index contributed by atoms with van der Waals surface area (Å²) in [5, 5.41) is 13.4. The van der Waals surface area contributed by atoms with Gasteiger partial charge in [0.15, 0.2) is 0 Å². The molecule has 0 bridgehead atoms. The monoisotopic (exact) mass is 310 g/mol. The molecule has 5 nitrogen and oxygen atoms in total. The van der Waals surface area contributed by atoms with Gasteiger partial charge >= 0.3 is 0 Å². The van der Waals surface area contributed by atoms with Crippen LogP contribution in [0.5, 0.6) is 0 Å². The number of aromatic nitrogens is 2. The molecular formula is C18H22N4O. The van der Waals surface area contributed by atoms with Gasteiger partial charge < -0.3 is 9.64 Å². The summed E-state index contributed by atoms with van der Waals surface area (Å²) in [5.41, 5.74) is 3.06. The summed E-state index contributed by atoms with van der Waals surface area (Å²) < 4.78 is 7.47. The van der Waals surface area contributed by atoms with Gasteiger partial charge in [0.05, 0.1) is 23.5 Å². The Hall–Kier alpha value is -2.32. The first-order valence-electron chi connectivity index (χ1n) is 8.16. The number of hydrogen-bond donors (Lipinski definition) is 0. The average Bonchev–Trinajstić information content (AvgIpc) is 3.10. The van der Waals surface area contributed by atoms with E-state index in [-0.39, 0.29) is 0 Å². The molecular weight excluding hydrogens is 288 g/mol. The number of anilines is 1. The summed E-state index contributed by atoms with van der Waals surface area (Å²) in [6.45, 7) is 5.42. The Morgan fingerprint density at radius 1 is 1.30 bits per heavy atom. The average molecular weight is 310 g/mol. The van der Waals surface area contributed by atoms with Gasteiger partial charge in [-0.05, 0) is 37.5 Å². The first kappa shape index (κ1) is 15.6. The van der Waals surface area contributed by atoms with Crippen molar-refractivity contribution in [2.45, 2.75) is 38.9 Å². The maximum Gasteiger partial charge on any atom is 0.0991 e. The van der Waals surface area contributed by atoms with Crippen molar-refractivity contribution >= 4 is 5.69 Å². The molecule has 1 fully saturated rings. The van der Waals surface area contributed by atoms with E-state index in [0.29, 0.717) is 11.6 Å². The van der Waals surface area contributed by atoms with Crippen molar-refractivity contribution in [1.29, 1.82) is 5.26 Å². The molecule has 0 atom stereocenters. The Kier molecular flexibility index (Phi) is 4.94. The smallest absolute Gasteiger partial charge is 0.0991 e. The first-order valence-corrected chi connectivity index (χ1v) is 8.16. The van der Waals surface area contributed by atoms with Crippen molar-refractivity contribution in [2.75, 3.05) is 18.1 Å². The van der Waals surface area contributed by atoms with Gasteiger partial charge in [0.2, 0.25) is 0 Å². The van der Waals surface area contributed by atoms with Crippen LogP contribution in [0.2, 0.25) is 0 Å². The molecule has 1 aromatic heterocycles. The molecule has 0 unspecified atom stereocenters. The van der Waals surface area contributed by atoms with Gasteiger partial charge in [-0.15, -0.1) is 0 Å². The zero-order chi connectivity index (χ0) is 16.1. The molecule has 0 spiro atoms. The predicted octanol–water partition coefficient (Wildman–Crippen LogP) is 2.96. The number of ether oxygens (including phenoxy) is 1. The third-order valence-corrected chi connectivity index (χ3v) is 4.34. The highest BCUT2D eigenvalue weighted by molar-refractivity contribution is 5.45. The largest absolute Gasteiger partial charge is 0.381 e. The number of rotatable bonds is 5. The predicted molar refractivity (Wildman–Crippen MR) is 89.1 cm³/mol. The van der Waals surface area contributed by atoms with Gasteiger partial charge in [0, 0.05) is 38.5 Å². The lowest BCUT2D eigenvalue weighted by Crippen LogP contribution is -2.39. The van der Waals surface area contributed by atoms with E-state index in [4.69, 9.17) is 10.00 Å². The molecule has 3 rings (SSSR count). The maximum absolute atomic E-state index is 8.94. The summed E-state index contributed by atoms with van der Waals surface area (Å²) in [6, 6.07) is 10.5. The van der Waals surface area contributed by atoms with Crippen LogP contribution in [0.25, 0.3) is 0 Å². The summed E-state index contributed by atoms with van der Waals surface area (Å²) >= 11 is 0. The van der Waals surface area contributed by atoms with Crippen molar-refractivity contribution in [3.8, 4) is 6.07 Å². The van der Waals surface area contributed by atoms with Crippen molar-refractivity contribution in [1.82, 2.24) is 9.78 Å². The highest BCUT2D eigenvalue weighted by atomic mass is 16.5. The van der Waals surface area contributed by atoms with Gasteiger partial charge in [-0.2, -0.15) is 10.4 Å². The lowest BCUT2D eigenvalue weighted by atomic mass is 10.0. The van der Waals surface area contributed by atoms with Crippen molar-refractivity contribution in [3.63, 3.8) is 0 Å². The Morgan fingerprint density at radius 2 is 2.04 bits per heavy atom. The minimum Gasteiger partial charge on any atom is -0.381 e. The normalized spacial score (nSPS) is 15.3. The van der Waals surface area contributed by atoms with Crippen LogP contribution in [0.4, 0.5) is 5.69 Å². The van der Waals surface area contributed by atoms with E-state index in [2.05, 4.69) is 29.2 Å². The van der Waals surface area contributed by atoms with Gasteiger partial charge in [-0.25, -0.2) is 0 Å². The summed E-state index contributed by atoms with van der Waals surface area (Å²) in [7, 11) is 0. The molecule has 120 valence electrons. The van der Waals surface area contributed by atoms with Crippen LogP contribution >= 0.6 is 0 Å². The Labute approximate surface area is 137 Å².